The second-order valence-corrected chi connectivity index (χ2v) is 6.22. The van der Waals surface area contributed by atoms with E-state index >= 15 is 0 Å². The molecule has 2 fully saturated rings. The van der Waals surface area contributed by atoms with Gasteiger partial charge < -0.3 is 10.6 Å². The van der Waals surface area contributed by atoms with Crippen LogP contribution in [0.3, 0.4) is 0 Å². The van der Waals surface area contributed by atoms with Gasteiger partial charge in [0.05, 0.1) is 0 Å². The lowest BCUT2D eigenvalue weighted by atomic mass is 9.83. The van der Waals surface area contributed by atoms with E-state index in [1.807, 2.05) is 0 Å². The number of rotatable bonds is 6. The minimum atomic E-state index is 0.661. The van der Waals surface area contributed by atoms with Crippen molar-refractivity contribution in [3.63, 3.8) is 0 Å². The van der Waals surface area contributed by atoms with Gasteiger partial charge in [-0.05, 0) is 69.5 Å². The molecule has 1 aliphatic carbocycles. The SMILES string of the molecule is CCC1(CNCCC2CCNCC2)CCCC1. The molecule has 2 rings (SSSR count). The van der Waals surface area contributed by atoms with Crippen molar-refractivity contribution in [2.45, 2.75) is 58.3 Å². The van der Waals surface area contributed by atoms with Crippen molar-refractivity contribution < 1.29 is 0 Å². The van der Waals surface area contributed by atoms with E-state index in [-0.39, 0.29) is 0 Å². The largest absolute Gasteiger partial charge is 0.317 e. The highest BCUT2D eigenvalue weighted by molar-refractivity contribution is 4.85. The Morgan fingerprint density at radius 2 is 1.88 bits per heavy atom. The molecule has 100 valence electrons. The van der Waals surface area contributed by atoms with Crippen LogP contribution in [0.1, 0.15) is 58.3 Å². The van der Waals surface area contributed by atoms with Gasteiger partial charge in [-0.3, -0.25) is 0 Å². The maximum atomic E-state index is 3.75. The van der Waals surface area contributed by atoms with Crippen LogP contribution in [0.2, 0.25) is 0 Å². The van der Waals surface area contributed by atoms with Gasteiger partial charge in [0.25, 0.3) is 0 Å². The minimum Gasteiger partial charge on any atom is -0.317 e. The van der Waals surface area contributed by atoms with E-state index in [9.17, 15) is 0 Å². The van der Waals surface area contributed by atoms with E-state index in [0.717, 1.165) is 5.92 Å². The van der Waals surface area contributed by atoms with Gasteiger partial charge in [0.2, 0.25) is 0 Å². The van der Waals surface area contributed by atoms with Gasteiger partial charge in [0.15, 0.2) is 0 Å². The van der Waals surface area contributed by atoms with E-state index in [1.165, 1.54) is 77.5 Å². The zero-order valence-electron chi connectivity index (χ0n) is 11.6. The summed E-state index contributed by atoms with van der Waals surface area (Å²) >= 11 is 0. The summed E-state index contributed by atoms with van der Waals surface area (Å²) < 4.78 is 0. The third-order valence-electron chi connectivity index (χ3n) is 5.10. The van der Waals surface area contributed by atoms with E-state index in [2.05, 4.69) is 17.6 Å². The first kappa shape index (κ1) is 13.4. The van der Waals surface area contributed by atoms with Crippen LogP contribution in [0.15, 0.2) is 0 Å². The Kier molecular flexibility index (Phi) is 5.30. The second-order valence-electron chi connectivity index (χ2n) is 6.22. The van der Waals surface area contributed by atoms with E-state index < -0.39 is 0 Å². The Morgan fingerprint density at radius 1 is 1.18 bits per heavy atom. The lowest BCUT2D eigenvalue weighted by Crippen LogP contribution is -2.34. The first-order valence-electron chi connectivity index (χ1n) is 7.76. The van der Waals surface area contributed by atoms with Gasteiger partial charge in [0, 0.05) is 6.54 Å². The predicted octanol–water partition coefficient (Wildman–Crippen LogP) is 2.94. The third-order valence-corrected chi connectivity index (χ3v) is 5.10. The summed E-state index contributed by atoms with van der Waals surface area (Å²) in [6, 6.07) is 0. The Morgan fingerprint density at radius 3 is 2.53 bits per heavy atom. The van der Waals surface area contributed by atoms with Crippen LogP contribution in [0.5, 0.6) is 0 Å². The molecule has 1 saturated carbocycles. The minimum absolute atomic E-state index is 0.661. The molecule has 2 N–H and O–H groups in total. The van der Waals surface area contributed by atoms with E-state index in [4.69, 9.17) is 0 Å². The third kappa shape index (κ3) is 3.96. The highest BCUT2D eigenvalue weighted by atomic mass is 14.9. The predicted molar refractivity (Wildman–Crippen MR) is 74.3 cm³/mol. The van der Waals surface area contributed by atoms with Crippen LogP contribution in [0.25, 0.3) is 0 Å². The Balaban J connectivity index is 1.58. The molecule has 0 atom stereocenters. The fourth-order valence-electron chi connectivity index (χ4n) is 3.61. The lowest BCUT2D eigenvalue weighted by molar-refractivity contribution is 0.261. The van der Waals surface area contributed by atoms with Crippen molar-refractivity contribution >= 4 is 0 Å². The monoisotopic (exact) mass is 238 g/mol. The highest BCUT2D eigenvalue weighted by Crippen LogP contribution is 2.40. The van der Waals surface area contributed by atoms with Crippen molar-refractivity contribution in [1.29, 1.82) is 0 Å². The van der Waals surface area contributed by atoms with Crippen LogP contribution < -0.4 is 10.6 Å². The first-order valence-corrected chi connectivity index (χ1v) is 7.76. The zero-order chi connectivity index (χ0) is 12.0. The van der Waals surface area contributed by atoms with Gasteiger partial charge in [-0.15, -0.1) is 0 Å². The van der Waals surface area contributed by atoms with Crippen molar-refractivity contribution in [3.05, 3.63) is 0 Å². The molecule has 2 aliphatic rings. The molecule has 0 radical (unpaired) electrons. The zero-order valence-corrected chi connectivity index (χ0v) is 11.6. The lowest BCUT2D eigenvalue weighted by Gasteiger charge is -2.29. The van der Waals surface area contributed by atoms with Gasteiger partial charge in [-0.25, -0.2) is 0 Å². The van der Waals surface area contributed by atoms with E-state index in [0.29, 0.717) is 5.41 Å². The standard InChI is InChI=1S/C15H30N2/c1-2-15(8-3-4-9-15)13-17-12-7-14-5-10-16-11-6-14/h14,16-17H,2-13H2,1H3. The summed E-state index contributed by atoms with van der Waals surface area (Å²) in [7, 11) is 0. The molecule has 0 aromatic rings. The average Bonchev–Trinajstić information content (AvgIpc) is 2.85. The summed E-state index contributed by atoms with van der Waals surface area (Å²) in [5.41, 5.74) is 0.661. The normalized spacial score (nSPS) is 25.2. The molecule has 2 heteroatoms. The second kappa shape index (κ2) is 6.75. The summed E-state index contributed by atoms with van der Waals surface area (Å²) in [4.78, 5) is 0. The van der Waals surface area contributed by atoms with Gasteiger partial charge in [-0.1, -0.05) is 19.8 Å². The average molecular weight is 238 g/mol. The van der Waals surface area contributed by atoms with Gasteiger partial charge >= 0.3 is 0 Å². The number of nitrogens with one attached hydrogen (secondary N) is 2. The molecule has 0 amide bonds. The molecule has 0 aromatic carbocycles. The molecular formula is C15H30N2. The molecule has 17 heavy (non-hydrogen) atoms. The Bertz CT molecular complexity index is 203. The van der Waals surface area contributed by atoms with Gasteiger partial charge in [0.1, 0.15) is 0 Å². The number of hydrogen-bond acceptors (Lipinski definition) is 2. The van der Waals surface area contributed by atoms with E-state index in [1.54, 1.807) is 0 Å². The quantitative estimate of drug-likeness (QED) is 0.695. The number of hydrogen-bond donors (Lipinski definition) is 2. The fraction of sp³-hybridized carbons (Fsp3) is 1.00. The molecular weight excluding hydrogens is 208 g/mol. The highest BCUT2D eigenvalue weighted by Gasteiger charge is 2.31. The molecule has 0 unspecified atom stereocenters. The summed E-state index contributed by atoms with van der Waals surface area (Å²) in [6.45, 7) is 7.37. The summed E-state index contributed by atoms with van der Waals surface area (Å²) in [6.07, 6.45) is 11.4. The molecule has 1 saturated heterocycles. The van der Waals surface area contributed by atoms with Crippen LogP contribution >= 0.6 is 0 Å². The van der Waals surface area contributed by atoms with Crippen molar-refractivity contribution in [2.24, 2.45) is 11.3 Å². The molecule has 0 aromatic heterocycles. The summed E-state index contributed by atoms with van der Waals surface area (Å²) in [5.74, 6) is 0.977. The van der Waals surface area contributed by atoms with Gasteiger partial charge in [-0.2, -0.15) is 0 Å². The van der Waals surface area contributed by atoms with Crippen LogP contribution in [0, 0.1) is 11.3 Å². The smallest absolute Gasteiger partial charge is 0.000770 e. The van der Waals surface area contributed by atoms with Crippen LogP contribution in [-0.2, 0) is 0 Å². The van der Waals surface area contributed by atoms with Crippen molar-refractivity contribution in [1.82, 2.24) is 10.6 Å². The summed E-state index contributed by atoms with van der Waals surface area (Å²) in [5, 5.41) is 7.19. The first-order chi connectivity index (χ1) is 8.35. The Labute approximate surface area is 107 Å². The fourth-order valence-corrected chi connectivity index (χ4v) is 3.61. The Hall–Kier alpha value is -0.0800. The molecule has 1 aliphatic heterocycles. The molecule has 0 spiro atoms. The maximum absolute atomic E-state index is 3.75. The number of piperidine rings is 1. The topological polar surface area (TPSA) is 24.1 Å². The van der Waals surface area contributed by atoms with Crippen molar-refractivity contribution in [2.75, 3.05) is 26.2 Å². The molecule has 0 bridgehead atoms. The van der Waals surface area contributed by atoms with Crippen molar-refractivity contribution in [3.8, 4) is 0 Å². The van der Waals surface area contributed by atoms with Crippen LogP contribution in [0.4, 0.5) is 0 Å². The maximum Gasteiger partial charge on any atom is 0.000770 e. The van der Waals surface area contributed by atoms with Crippen LogP contribution in [-0.4, -0.2) is 26.2 Å². The molecule has 2 nitrogen and oxygen atoms in total. The molecule has 1 heterocycles.